The molecule has 5 rings (SSSR count). The van der Waals surface area contributed by atoms with Crippen molar-refractivity contribution in [2.75, 3.05) is 0 Å². The number of ketones is 1. The number of rotatable bonds is 4. The van der Waals surface area contributed by atoms with Crippen molar-refractivity contribution in [3.05, 3.63) is 71.9 Å². The zero-order valence-electron chi connectivity index (χ0n) is 15.0. The van der Waals surface area contributed by atoms with Crippen molar-refractivity contribution in [2.45, 2.75) is 6.42 Å². The van der Waals surface area contributed by atoms with Crippen LogP contribution >= 0.6 is 11.3 Å². The average molecular weight is 385 g/mol. The molecule has 0 aliphatic carbocycles. The first-order valence-electron chi connectivity index (χ1n) is 8.76. The molecule has 0 spiro atoms. The molecule has 0 aliphatic heterocycles. The van der Waals surface area contributed by atoms with Crippen LogP contribution in [-0.2, 0) is 13.5 Å². The zero-order chi connectivity index (χ0) is 19.1. The van der Waals surface area contributed by atoms with Gasteiger partial charge in [-0.05, 0) is 35.7 Å². The van der Waals surface area contributed by atoms with Crippen LogP contribution in [0.2, 0.25) is 0 Å². The maximum atomic E-state index is 12.7. The van der Waals surface area contributed by atoms with Gasteiger partial charge in [-0.3, -0.25) is 19.4 Å². The third kappa shape index (κ3) is 3.05. The number of hydrogen-bond donors (Lipinski definition) is 0. The first-order chi connectivity index (χ1) is 13.7. The van der Waals surface area contributed by atoms with E-state index in [4.69, 9.17) is 0 Å². The second-order valence-corrected chi connectivity index (χ2v) is 7.52. The fraction of sp³-hybridized carbons (Fsp3) is 0.0952. The number of nitrogens with zero attached hydrogens (tertiary/aromatic N) is 5. The number of benzene rings is 1. The van der Waals surface area contributed by atoms with Crippen molar-refractivity contribution >= 4 is 38.1 Å². The summed E-state index contributed by atoms with van der Waals surface area (Å²) in [6.07, 6.45) is 7.52. The van der Waals surface area contributed by atoms with Gasteiger partial charge in [0.2, 0.25) is 0 Å². The molecule has 0 radical (unpaired) electrons. The highest BCUT2D eigenvalue weighted by Gasteiger charge is 2.11. The summed E-state index contributed by atoms with van der Waals surface area (Å²) in [5.41, 5.74) is 5.84. The van der Waals surface area contributed by atoms with Gasteiger partial charge in [0.05, 0.1) is 34.0 Å². The average Bonchev–Trinajstić information content (AvgIpc) is 3.35. The molecule has 4 heterocycles. The van der Waals surface area contributed by atoms with Crippen molar-refractivity contribution < 1.29 is 4.79 Å². The monoisotopic (exact) mass is 385 g/mol. The van der Waals surface area contributed by atoms with Crippen molar-refractivity contribution in [1.29, 1.82) is 0 Å². The molecule has 0 bridgehead atoms. The Kier molecular flexibility index (Phi) is 3.95. The van der Waals surface area contributed by atoms with Crippen molar-refractivity contribution in [3.63, 3.8) is 0 Å². The molecule has 7 heteroatoms. The van der Waals surface area contributed by atoms with E-state index in [0.29, 0.717) is 5.56 Å². The molecule has 0 amide bonds. The largest absolute Gasteiger partial charge is 0.294 e. The topological polar surface area (TPSA) is 73.6 Å². The van der Waals surface area contributed by atoms with Crippen LogP contribution in [0, 0.1) is 0 Å². The van der Waals surface area contributed by atoms with E-state index in [1.807, 2.05) is 43.6 Å². The predicted molar refractivity (Wildman–Crippen MR) is 109 cm³/mol. The standard InChI is InChI=1S/C21H15N5OS/c1-26-11-16(10-25-26)18-6-14-4-17(22-8-15(14)9-23-18)7-20(27)13-2-3-21-19(5-13)24-12-28-21/h2-6,8-12H,7H2,1H3. The lowest BCUT2D eigenvalue weighted by atomic mass is 10.0. The SMILES string of the molecule is Cn1cc(-c2cc3cc(CC(=O)c4ccc5scnc5c4)ncc3cn2)cn1. The van der Waals surface area contributed by atoms with Crippen LogP contribution in [0.15, 0.2) is 60.6 Å². The minimum Gasteiger partial charge on any atom is -0.294 e. The normalized spacial score (nSPS) is 11.3. The third-order valence-corrected chi connectivity index (χ3v) is 5.46. The Bertz CT molecular complexity index is 1340. The molecule has 0 aliphatic rings. The van der Waals surface area contributed by atoms with Gasteiger partial charge in [-0.1, -0.05) is 0 Å². The van der Waals surface area contributed by atoms with Crippen LogP contribution < -0.4 is 0 Å². The van der Waals surface area contributed by atoms with Crippen LogP contribution in [0.25, 0.3) is 32.2 Å². The summed E-state index contributed by atoms with van der Waals surface area (Å²) in [5.74, 6) is 0.0308. The van der Waals surface area contributed by atoms with Gasteiger partial charge < -0.3 is 0 Å². The number of hydrogen-bond acceptors (Lipinski definition) is 6. The Morgan fingerprint density at radius 1 is 1.04 bits per heavy atom. The minimum absolute atomic E-state index is 0.0308. The molecule has 4 aromatic heterocycles. The number of carbonyl (C=O) groups excluding carboxylic acids is 1. The number of aromatic nitrogens is 5. The first kappa shape index (κ1) is 16.7. The molecule has 136 valence electrons. The van der Waals surface area contributed by atoms with E-state index < -0.39 is 0 Å². The molecule has 0 fully saturated rings. The van der Waals surface area contributed by atoms with Gasteiger partial charge >= 0.3 is 0 Å². The van der Waals surface area contributed by atoms with Crippen molar-refractivity contribution in [2.24, 2.45) is 7.05 Å². The predicted octanol–water partition coefficient (Wildman–Crippen LogP) is 4.07. The summed E-state index contributed by atoms with van der Waals surface area (Å²) in [4.78, 5) is 25.9. The van der Waals surface area contributed by atoms with Crippen molar-refractivity contribution in [1.82, 2.24) is 24.7 Å². The summed E-state index contributed by atoms with van der Waals surface area (Å²) < 4.78 is 2.83. The first-order valence-corrected chi connectivity index (χ1v) is 9.64. The molecule has 0 saturated carbocycles. The highest BCUT2D eigenvalue weighted by Crippen LogP contribution is 2.23. The molecule has 1 aromatic carbocycles. The van der Waals surface area contributed by atoms with Crippen LogP contribution in [0.4, 0.5) is 0 Å². The number of fused-ring (bicyclic) bond motifs is 2. The molecule has 0 saturated heterocycles. The van der Waals surface area contributed by atoms with Gasteiger partial charge in [-0.25, -0.2) is 4.98 Å². The maximum absolute atomic E-state index is 12.7. The van der Waals surface area contributed by atoms with Crippen LogP contribution in [0.3, 0.4) is 0 Å². The summed E-state index contributed by atoms with van der Waals surface area (Å²) >= 11 is 1.57. The highest BCUT2D eigenvalue weighted by molar-refractivity contribution is 7.16. The number of aryl methyl sites for hydroxylation is 1. The van der Waals surface area contributed by atoms with Crippen LogP contribution in [-0.4, -0.2) is 30.5 Å². The Morgan fingerprint density at radius 3 is 2.79 bits per heavy atom. The van der Waals surface area contributed by atoms with Crippen molar-refractivity contribution in [3.8, 4) is 11.3 Å². The van der Waals surface area contributed by atoms with Gasteiger partial charge in [0.15, 0.2) is 5.78 Å². The van der Waals surface area contributed by atoms with Gasteiger partial charge in [0, 0.05) is 47.8 Å². The smallest absolute Gasteiger partial charge is 0.168 e. The molecule has 0 unspecified atom stereocenters. The van der Waals surface area contributed by atoms with Gasteiger partial charge in [-0.15, -0.1) is 11.3 Å². The molecular weight excluding hydrogens is 370 g/mol. The van der Waals surface area contributed by atoms with E-state index in [-0.39, 0.29) is 12.2 Å². The Hall–Kier alpha value is -3.45. The van der Waals surface area contributed by atoms with Crippen LogP contribution in [0.1, 0.15) is 16.1 Å². The Morgan fingerprint density at radius 2 is 1.93 bits per heavy atom. The summed E-state index contributed by atoms with van der Waals surface area (Å²) in [7, 11) is 1.88. The van der Waals surface area contributed by atoms with E-state index in [1.54, 1.807) is 40.1 Å². The van der Waals surface area contributed by atoms with Gasteiger partial charge in [-0.2, -0.15) is 5.10 Å². The fourth-order valence-corrected chi connectivity index (χ4v) is 3.85. The molecular formula is C21H15N5OS. The Labute approximate surface area is 164 Å². The van der Waals surface area contributed by atoms with E-state index in [2.05, 4.69) is 20.1 Å². The number of thiazole rings is 1. The summed E-state index contributed by atoms with van der Waals surface area (Å²) in [6.45, 7) is 0. The second kappa shape index (κ2) is 6.61. The second-order valence-electron chi connectivity index (χ2n) is 6.63. The minimum atomic E-state index is 0.0308. The van der Waals surface area contributed by atoms with E-state index in [1.165, 1.54) is 0 Å². The van der Waals surface area contributed by atoms with Gasteiger partial charge in [0.1, 0.15) is 0 Å². The molecule has 5 aromatic rings. The maximum Gasteiger partial charge on any atom is 0.168 e. The van der Waals surface area contributed by atoms with Crippen LogP contribution in [0.5, 0.6) is 0 Å². The molecule has 0 N–H and O–H groups in total. The molecule has 0 atom stereocenters. The fourth-order valence-electron chi connectivity index (χ4n) is 3.19. The lowest BCUT2D eigenvalue weighted by molar-refractivity contribution is 0.0992. The quantitative estimate of drug-likeness (QED) is 0.436. The summed E-state index contributed by atoms with van der Waals surface area (Å²) in [6, 6.07) is 9.60. The highest BCUT2D eigenvalue weighted by atomic mass is 32.1. The third-order valence-electron chi connectivity index (χ3n) is 4.65. The lowest BCUT2D eigenvalue weighted by Gasteiger charge is -2.05. The molecule has 28 heavy (non-hydrogen) atoms. The van der Waals surface area contributed by atoms with Gasteiger partial charge in [0.25, 0.3) is 0 Å². The lowest BCUT2D eigenvalue weighted by Crippen LogP contribution is -2.05. The molecule has 6 nitrogen and oxygen atoms in total. The van der Waals surface area contributed by atoms with E-state index in [9.17, 15) is 4.79 Å². The number of carbonyl (C=O) groups is 1. The number of Topliss-reactive ketones (excluding diaryl/α,β-unsaturated/α-hetero) is 1. The number of pyridine rings is 2. The van der Waals surface area contributed by atoms with E-state index in [0.717, 1.165) is 37.9 Å². The summed E-state index contributed by atoms with van der Waals surface area (Å²) in [5, 5.41) is 6.14. The van der Waals surface area contributed by atoms with E-state index >= 15 is 0 Å². The zero-order valence-corrected chi connectivity index (χ0v) is 15.8. The Balaban J connectivity index is 1.45.